The molecular weight excluding hydrogens is 260 g/mol. The molecule has 1 rings (SSSR count). The van der Waals surface area contributed by atoms with E-state index in [1.807, 2.05) is 0 Å². The van der Waals surface area contributed by atoms with Gasteiger partial charge in [-0.3, -0.25) is 14.9 Å². The van der Waals surface area contributed by atoms with Crippen molar-refractivity contribution in [3.05, 3.63) is 33.1 Å². The number of carbonyl (C=O) groups is 1. The van der Waals surface area contributed by atoms with Crippen molar-refractivity contribution in [2.45, 2.75) is 6.43 Å². The van der Waals surface area contributed by atoms with Gasteiger partial charge < -0.3 is 0 Å². The molecule has 9 heteroatoms. The Morgan fingerprint density at radius 1 is 1.65 bits per heavy atom. The minimum atomic E-state index is -3.16. The first-order valence-corrected chi connectivity index (χ1v) is 4.33. The van der Waals surface area contributed by atoms with Crippen LogP contribution in [-0.4, -0.2) is 15.1 Å². The second kappa shape index (κ2) is 4.80. The zero-order chi connectivity index (χ0) is 13.2. The number of nitriles is 1. The van der Waals surface area contributed by atoms with Gasteiger partial charge in [0.2, 0.25) is 5.69 Å². The molecule has 1 aromatic heterocycles. The van der Waals surface area contributed by atoms with Crippen LogP contribution in [0.1, 0.15) is 28.2 Å². The molecule has 0 unspecified atom stereocenters. The molecule has 0 atom stereocenters. The number of nitro groups is 1. The van der Waals surface area contributed by atoms with Gasteiger partial charge >= 0.3 is 5.69 Å². The van der Waals surface area contributed by atoms with Crippen molar-refractivity contribution in [2.75, 3.05) is 0 Å². The third kappa shape index (κ3) is 2.51. The minimum absolute atomic E-state index is 0.422. The van der Waals surface area contributed by atoms with Gasteiger partial charge in [-0.2, -0.15) is 5.26 Å². The number of hydrogen-bond acceptors (Lipinski definition) is 5. The molecule has 0 radical (unpaired) electrons. The first kappa shape index (κ1) is 12.9. The molecule has 0 spiro atoms. The molecule has 0 bridgehead atoms. The lowest BCUT2D eigenvalue weighted by atomic mass is 10.1. The van der Waals surface area contributed by atoms with Crippen LogP contribution < -0.4 is 0 Å². The number of rotatable bonds is 3. The number of hydrogen-bond donors (Lipinski definition) is 0. The zero-order valence-electron chi connectivity index (χ0n) is 7.85. The van der Waals surface area contributed by atoms with Crippen molar-refractivity contribution in [3.63, 3.8) is 0 Å². The van der Waals surface area contributed by atoms with E-state index in [0.29, 0.717) is 6.07 Å². The van der Waals surface area contributed by atoms with E-state index in [0.717, 1.165) is 0 Å². The minimum Gasteiger partial charge on any atom is -0.274 e. The number of halogens is 3. The first-order chi connectivity index (χ1) is 7.88. The summed E-state index contributed by atoms with van der Waals surface area (Å²) in [5, 5.41) is 17.7. The fourth-order valence-electron chi connectivity index (χ4n) is 1.06. The van der Waals surface area contributed by atoms with Crippen molar-refractivity contribution in [1.82, 2.24) is 4.98 Å². The highest BCUT2D eigenvalue weighted by Crippen LogP contribution is 2.28. The number of pyridine rings is 1. The van der Waals surface area contributed by atoms with Crippen molar-refractivity contribution < 1.29 is 18.5 Å². The van der Waals surface area contributed by atoms with Crippen LogP contribution in [0.15, 0.2) is 6.07 Å². The monoisotopic (exact) mass is 261 g/mol. The summed E-state index contributed by atoms with van der Waals surface area (Å²) in [5.74, 6) is 0. The summed E-state index contributed by atoms with van der Waals surface area (Å²) in [5.41, 5.74) is -3.48. The number of nitrogens with zero attached hydrogens (tertiary/aromatic N) is 3. The summed E-state index contributed by atoms with van der Waals surface area (Å²) in [6.45, 7) is 0. The molecule has 0 amide bonds. The Bertz CT molecular complexity index is 542. The van der Waals surface area contributed by atoms with Crippen LogP contribution in [0.3, 0.4) is 0 Å². The van der Waals surface area contributed by atoms with E-state index in [1.165, 1.54) is 6.07 Å². The highest BCUT2D eigenvalue weighted by atomic mass is 35.5. The maximum absolute atomic E-state index is 12.5. The second-order valence-electron chi connectivity index (χ2n) is 2.74. The van der Waals surface area contributed by atoms with Gasteiger partial charge in [0.25, 0.3) is 11.7 Å². The van der Waals surface area contributed by atoms with Gasteiger partial charge in [-0.05, 0) is 11.6 Å². The molecule has 0 aliphatic heterocycles. The Morgan fingerprint density at radius 2 is 2.24 bits per heavy atom. The SMILES string of the molecule is N#Cc1nc(C(=O)Cl)c(C(F)F)cc1[N+](=O)[O-]. The molecular formula is C8H2ClF2N3O3. The normalized spacial score (nSPS) is 10.1. The summed E-state index contributed by atoms with van der Waals surface area (Å²) in [6, 6.07) is 1.75. The molecule has 88 valence electrons. The zero-order valence-corrected chi connectivity index (χ0v) is 8.61. The van der Waals surface area contributed by atoms with E-state index >= 15 is 0 Å². The number of aromatic nitrogens is 1. The van der Waals surface area contributed by atoms with E-state index in [9.17, 15) is 23.7 Å². The van der Waals surface area contributed by atoms with Crippen LogP contribution >= 0.6 is 11.6 Å². The maximum Gasteiger partial charge on any atom is 0.306 e. The molecule has 0 fully saturated rings. The molecule has 0 saturated carbocycles. The fourth-order valence-corrected chi connectivity index (χ4v) is 1.21. The first-order valence-electron chi connectivity index (χ1n) is 3.96. The lowest BCUT2D eigenvalue weighted by Gasteiger charge is -2.04. The Balaban J connectivity index is 3.61. The maximum atomic E-state index is 12.5. The highest BCUT2D eigenvalue weighted by molar-refractivity contribution is 6.67. The highest BCUT2D eigenvalue weighted by Gasteiger charge is 2.26. The van der Waals surface area contributed by atoms with E-state index in [2.05, 4.69) is 4.98 Å². The fraction of sp³-hybridized carbons (Fsp3) is 0.125. The quantitative estimate of drug-likeness (QED) is 0.472. The summed E-state index contributed by atoms with van der Waals surface area (Å²) < 4.78 is 25.0. The van der Waals surface area contributed by atoms with E-state index in [4.69, 9.17) is 16.9 Å². The summed E-state index contributed by atoms with van der Waals surface area (Å²) in [6.07, 6.45) is -3.16. The average molecular weight is 262 g/mol. The summed E-state index contributed by atoms with van der Waals surface area (Å²) in [4.78, 5) is 23.4. The molecule has 6 nitrogen and oxygen atoms in total. The van der Waals surface area contributed by atoms with Gasteiger partial charge in [0.05, 0.1) is 10.5 Å². The predicted octanol–water partition coefficient (Wildman–Crippen LogP) is 2.18. The van der Waals surface area contributed by atoms with Crippen molar-refractivity contribution in [1.29, 1.82) is 5.26 Å². The summed E-state index contributed by atoms with van der Waals surface area (Å²) >= 11 is 5.00. The molecule has 0 saturated heterocycles. The molecule has 0 aliphatic rings. The van der Waals surface area contributed by atoms with E-state index in [1.54, 1.807) is 0 Å². The third-order valence-electron chi connectivity index (χ3n) is 1.76. The number of alkyl halides is 2. The van der Waals surface area contributed by atoms with Gasteiger partial charge in [0.1, 0.15) is 11.8 Å². The Labute approximate surface area is 97.6 Å². The van der Waals surface area contributed by atoms with Gasteiger partial charge in [0.15, 0.2) is 0 Å². The van der Waals surface area contributed by atoms with Gasteiger partial charge in [0, 0.05) is 6.07 Å². The molecule has 0 N–H and O–H groups in total. The lowest BCUT2D eigenvalue weighted by Crippen LogP contribution is -2.07. The Kier molecular flexibility index (Phi) is 3.65. The topological polar surface area (TPSA) is 96.9 Å². The molecule has 17 heavy (non-hydrogen) atoms. The molecule has 1 heterocycles. The van der Waals surface area contributed by atoms with Gasteiger partial charge in [-0.15, -0.1) is 0 Å². The largest absolute Gasteiger partial charge is 0.306 e. The van der Waals surface area contributed by atoms with Crippen LogP contribution in [0.4, 0.5) is 14.5 Å². The third-order valence-corrected chi connectivity index (χ3v) is 1.93. The Hall–Kier alpha value is -2.14. The summed E-state index contributed by atoms with van der Waals surface area (Å²) in [7, 11) is 0. The van der Waals surface area contributed by atoms with Gasteiger partial charge in [-0.1, -0.05) is 0 Å². The average Bonchev–Trinajstić information content (AvgIpc) is 2.26. The van der Waals surface area contributed by atoms with E-state index < -0.39 is 39.2 Å². The Morgan fingerprint density at radius 3 is 2.59 bits per heavy atom. The van der Waals surface area contributed by atoms with Crippen molar-refractivity contribution in [2.24, 2.45) is 0 Å². The molecule has 0 aliphatic carbocycles. The lowest BCUT2D eigenvalue weighted by molar-refractivity contribution is -0.385. The molecule has 0 aromatic carbocycles. The van der Waals surface area contributed by atoms with Crippen molar-refractivity contribution >= 4 is 22.5 Å². The van der Waals surface area contributed by atoms with Crippen LogP contribution in [0.25, 0.3) is 0 Å². The van der Waals surface area contributed by atoms with Crippen LogP contribution in [0, 0.1) is 21.4 Å². The second-order valence-corrected chi connectivity index (χ2v) is 3.08. The smallest absolute Gasteiger partial charge is 0.274 e. The van der Waals surface area contributed by atoms with Gasteiger partial charge in [-0.25, -0.2) is 13.8 Å². The predicted molar refractivity (Wildman–Crippen MR) is 50.7 cm³/mol. The number of carbonyl (C=O) groups excluding carboxylic acids is 1. The van der Waals surface area contributed by atoms with E-state index in [-0.39, 0.29) is 0 Å². The van der Waals surface area contributed by atoms with Crippen molar-refractivity contribution in [3.8, 4) is 6.07 Å². The standard InChI is InChI=1S/C8H2ClF2N3O3/c9-7(15)6-3(8(10)11)1-5(14(16)17)4(2-12)13-6/h1,8H. The van der Waals surface area contributed by atoms with Crippen LogP contribution in [0.2, 0.25) is 0 Å². The molecule has 1 aromatic rings. The van der Waals surface area contributed by atoms with Crippen LogP contribution in [0.5, 0.6) is 0 Å². The van der Waals surface area contributed by atoms with Crippen LogP contribution in [-0.2, 0) is 0 Å².